The lowest BCUT2D eigenvalue weighted by Crippen LogP contribution is -2.26. The Balaban J connectivity index is 1.79. The van der Waals surface area contributed by atoms with E-state index in [2.05, 4.69) is 23.0 Å². The minimum Gasteiger partial charge on any atom is -0.490 e. The Hall–Kier alpha value is -2.12. The number of rotatable bonds is 5. The molecule has 102 valence electrons. The third kappa shape index (κ3) is 2.59. The van der Waals surface area contributed by atoms with Crippen LogP contribution in [0.3, 0.4) is 0 Å². The van der Waals surface area contributed by atoms with Gasteiger partial charge in [-0.05, 0) is 32.0 Å². The van der Waals surface area contributed by atoms with E-state index in [0.29, 0.717) is 17.9 Å². The van der Waals surface area contributed by atoms with Crippen LogP contribution >= 0.6 is 0 Å². The molecule has 0 spiro atoms. The van der Waals surface area contributed by atoms with Gasteiger partial charge in [0, 0.05) is 24.2 Å². The maximum Gasteiger partial charge on any atom is 0.148 e. The summed E-state index contributed by atoms with van der Waals surface area (Å²) in [6.07, 6.45) is 4.17. The first-order valence-electron chi connectivity index (χ1n) is 6.90. The number of nitrogens with zero attached hydrogens (tertiary/aromatic N) is 3. The zero-order chi connectivity index (χ0) is 13.9. The first-order chi connectivity index (χ1) is 9.79. The lowest BCUT2D eigenvalue weighted by atomic mass is 10.1. The predicted molar refractivity (Wildman–Crippen MR) is 77.6 cm³/mol. The van der Waals surface area contributed by atoms with E-state index in [4.69, 9.17) is 4.74 Å². The smallest absolute Gasteiger partial charge is 0.148 e. The molecule has 0 saturated heterocycles. The molecule has 0 radical (unpaired) electrons. The van der Waals surface area contributed by atoms with Gasteiger partial charge in [0.05, 0.1) is 5.52 Å². The van der Waals surface area contributed by atoms with E-state index in [1.165, 1.54) is 12.8 Å². The average molecular weight is 267 g/mol. The number of hydrogen-bond donors (Lipinski definition) is 0. The first kappa shape index (κ1) is 12.9. The number of para-hydroxylation sites is 1. The molecule has 20 heavy (non-hydrogen) atoms. The van der Waals surface area contributed by atoms with Gasteiger partial charge in [-0.25, -0.2) is 0 Å². The Bertz CT molecular complexity index is 658. The molecule has 1 aliphatic rings. The summed E-state index contributed by atoms with van der Waals surface area (Å²) in [6, 6.07) is 10.6. The van der Waals surface area contributed by atoms with Crippen molar-refractivity contribution in [2.45, 2.75) is 18.9 Å². The number of likely N-dealkylation sites (N-methyl/N-ethyl adjacent to an activating group) is 1. The van der Waals surface area contributed by atoms with Gasteiger partial charge in [-0.3, -0.25) is 4.98 Å². The molecule has 0 aliphatic heterocycles. The summed E-state index contributed by atoms with van der Waals surface area (Å²) in [5, 5.41) is 10.1. The summed E-state index contributed by atoms with van der Waals surface area (Å²) < 4.78 is 5.89. The number of aromatic nitrogens is 1. The number of nitriles is 1. The van der Waals surface area contributed by atoms with Crippen molar-refractivity contribution in [1.82, 2.24) is 9.88 Å². The molecule has 0 N–H and O–H groups in total. The zero-order valence-corrected chi connectivity index (χ0v) is 11.5. The molecular weight excluding hydrogens is 250 g/mol. The molecule has 0 unspecified atom stereocenters. The first-order valence-corrected chi connectivity index (χ1v) is 6.90. The van der Waals surface area contributed by atoms with Crippen molar-refractivity contribution in [2.75, 3.05) is 20.2 Å². The molecule has 1 saturated carbocycles. The van der Waals surface area contributed by atoms with Crippen molar-refractivity contribution in [3.8, 4) is 11.8 Å². The fourth-order valence-electron chi connectivity index (χ4n) is 2.34. The van der Waals surface area contributed by atoms with Crippen molar-refractivity contribution in [3.05, 3.63) is 36.0 Å². The minimum atomic E-state index is 0.498. The fourth-order valence-corrected chi connectivity index (χ4v) is 2.34. The molecule has 1 aliphatic carbocycles. The van der Waals surface area contributed by atoms with E-state index in [9.17, 15) is 5.26 Å². The topological polar surface area (TPSA) is 49.1 Å². The Kier molecular flexibility index (Phi) is 3.53. The summed E-state index contributed by atoms with van der Waals surface area (Å²) in [4.78, 5) is 6.60. The van der Waals surface area contributed by atoms with Gasteiger partial charge >= 0.3 is 0 Å². The molecule has 1 aromatic carbocycles. The van der Waals surface area contributed by atoms with Gasteiger partial charge in [0.1, 0.15) is 24.0 Å². The second-order valence-corrected chi connectivity index (χ2v) is 5.19. The monoisotopic (exact) mass is 267 g/mol. The van der Waals surface area contributed by atoms with Crippen molar-refractivity contribution in [3.63, 3.8) is 0 Å². The molecule has 4 nitrogen and oxygen atoms in total. The van der Waals surface area contributed by atoms with Crippen LogP contribution in [0.4, 0.5) is 0 Å². The highest BCUT2D eigenvalue weighted by molar-refractivity contribution is 5.87. The molecule has 0 atom stereocenters. The van der Waals surface area contributed by atoms with Crippen LogP contribution in [0, 0.1) is 11.3 Å². The zero-order valence-electron chi connectivity index (χ0n) is 11.5. The second-order valence-electron chi connectivity index (χ2n) is 5.19. The summed E-state index contributed by atoms with van der Waals surface area (Å²) >= 11 is 0. The van der Waals surface area contributed by atoms with E-state index in [1.54, 1.807) is 6.20 Å². The summed E-state index contributed by atoms with van der Waals surface area (Å²) in [5.74, 6) is 0.655. The molecule has 2 aromatic rings. The van der Waals surface area contributed by atoms with Gasteiger partial charge < -0.3 is 9.64 Å². The summed E-state index contributed by atoms with van der Waals surface area (Å²) in [7, 11) is 2.12. The van der Waals surface area contributed by atoms with Crippen molar-refractivity contribution in [1.29, 1.82) is 5.26 Å². The van der Waals surface area contributed by atoms with Crippen LogP contribution in [-0.2, 0) is 0 Å². The van der Waals surface area contributed by atoms with Crippen LogP contribution in [0.1, 0.15) is 18.4 Å². The molecule has 0 bridgehead atoms. The Morgan fingerprint density at radius 3 is 2.95 bits per heavy atom. The van der Waals surface area contributed by atoms with Crippen LogP contribution in [0.2, 0.25) is 0 Å². The standard InChI is InChI=1S/C16H17N3O/c1-19(13-6-7-13)8-9-20-16-12(10-17)11-18-15-5-3-2-4-14(15)16/h2-5,11,13H,6-9H2,1H3. The van der Waals surface area contributed by atoms with Crippen LogP contribution < -0.4 is 4.74 Å². The van der Waals surface area contributed by atoms with E-state index >= 15 is 0 Å². The van der Waals surface area contributed by atoms with Crippen molar-refractivity contribution in [2.24, 2.45) is 0 Å². The van der Waals surface area contributed by atoms with E-state index in [0.717, 1.165) is 23.5 Å². The van der Waals surface area contributed by atoms with Crippen LogP contribution in [0.25, 0.3) is 10.9 Å². The molecular formula is C16H17N3O. The Morgan fingerprint density at radius 2 is 2.20 bits per heavy atom. The molecule has 4 heteroatoms. The minimum absolute atomic E-state index is 0.498. The Morgan fingerprint density at radius 1 is 1.40 bits per heavy atom. The average Bonchev–Trinajstić information content (AvgIpc) is 3.32. The largest absolute Gasteiger partial charge is 0.490 e. The van der Waals surface area contributed by atoms with Gasteiger partial charge in [-0.2, -0.15) is 5.26 Å². The lowest BCUT2D eigenvalue weighted by molar-refractivity contribution is 0.233. The van der Waals surface area contributed by atoms with Crippen molar-refractivity contribution >= 4 is 10.9 Å². The van der Waals surface area contributed by atoms with Gasteiger partial charge in [-0.1, -0.05) is 12.1 Å². The van der Waals surface area contributed by atoms with Crippen LogP contribution in [0.5, 0.6) is 5.75 Å². The lowest BCUT2D eigenvalue weighted by Gasteiger charge is -2.17. The molecule has 1 heterocycles. The number of hydrogen-bond acceptors (Lipinski definition) is 4. The van der Waals surface area contributed by atoms with Crippen molar-refractivity contribution < 1.29 is 4.74 Å². The quantitative estimate of drug-likeness (QED) is 0.835. The van der Waals surface area contributed by atoms with Gasteiger partial charge in [-0.15, -0.1) is 0 Å². The number of pyridine rings is 1. The normalized spacial score (nSPS) is 14.4. The highest BCUT2D eigenvalue weighted by atomic mass is 16.5. The van der Waals surface area contributed by atoms with E-state index in [-0.39, 0.29) is 0 Å². The summed E-state index contributed by atoms with van der Waals surface area (Å²) in [5.41, 5.74) is 1.36. The highest BCUT2D eigenvalue weighted by Crippen LogP contribution is 2.28. The van der Waals surface area contributed by atoms with Gasteiger partial charge in [0.2, 0.25) is 0 Å². The number of fused-ring (bicyclic) bond motifs is 1. The van der Waals surface area contributed by atoms with Crippen LogP contribution in [-0.4, -0.2) is 36.1 Å². The fraction of sp³-hybridized carbons (Fsp3) is 0.375. The molecule has 1 aromatic heterocycles. The van der Waals surface area contributed by atoms with Crippen LogP contribution in [0.15, 0.2) is 30.5 Å². The number of ether oxygens (including phenoxy) is 1. The molecule has 0 amide bonds. The third-order valence-corrected chi connectivity index (χ3v) is 3.71. The SMILES string of the molecule is CN(CCOc1c(C#N)cnc2ccccc12)C1CC1. The maximum atomic E-state index is 9.20. The van der Waals surface area contributed by atoms with E-state index < -0.39 is 0 Å². The highest BCUT2D eigenvalue weighted by Gasteiger charge is 2.25. The van der Waals surface area contributed by atoms with E-state index in [1.807, 2.05) is 24.3 Å². The third-order valence-electron chi connectivity index (χ3n) is 3.71. The Labute approximate surface area is 118 Å². The number of benzene rings is 1. The second kappa shape index (κ2) is 5.48. The summed E-state index contributed by atoms with van der Waals surface area (Å²) in [6.45, 7) is 1.47. The maximum absolute atomic E-state index is 9.20. The molecule has 1 fully saturated rings. The van der Waals surface area contributed by atoms with Gasteiger partial charge in [0.15, 0.2) is 0 Å². The molecule has 3 rings (SSSR count). The predicted octanol–water partition coefficient (Wildman–Crippen LogP) is 2.58. The van der Waals surface area contributed by atoms with Gasteiger partial charge in [0.25, 0.3) is 0 Å².